The van der Waals surface area contributed by atoms with Crippen LogP contribution in [0.15, 0.2) is 120 Å². The van der Waals surface area contributed by atoms with Crippen LogP contribution in [0.4, 0.5) is 0 Å². The van der Waals surface area contributed by atoms with Crippen LogP contribution < -0.4 is 68.2 Å². The number of hydrogen-bond acceptors (Lipinski definition) is 32. The number of aliphatic hydroxyl groups is 8. The number of ether oxygens (including phenoxy) is 8. The first-order valence-corrected chi connectivity index (χ1v) is 40.0. The second-order valence-electron chi connectivity index (χ2n) is 31.5. The number of fused-ring (bicyclic) bond motifs is 15. The lowest BCUT2D eigenvalue weighted by Crippen LogP contribution is -2.65. The molecule has 0 radical (unpaired) electrons. The Morgan fingerprint density at radius 2 is 1.31 bits per heavy atom. The number of nitrogens with one attached hydrogen (secondary N) is 8. The second kappa shape index (κ2) is 37.8. The lowest BCUT2D eigenvalue weighted by atomic mass is 9.86. The fraction of sp³-hybridized carbons (Fsp3) is 0.427. The second-order valence-corrected chi connectivity index (χ2v) is 32.3. The van der Waals surface area contributed by atoms with Crippen molar-refractivity contribution in [2.45, 2.75) is 193 Å². The molecule has 7 amide bonds. The highest BCUT2D eigenvalue weighted by molar-refractivity contribution is 6.32. The highest BCUT2D eigenvalue weighted by Crippen LogP contribution is 2.50. The number of carbonyl (C=O) groups excluding carboxylic acids is 7. The van der Waals surface area contributed by atoms with Crippen molar-refractivity contribution in [2.24, 2.45) is 17.4 Å². The van der Waals surface area contributed by atoms with E-state index in [1.165, 1.54) is 33.0 Å². The van der Waals surface area contributed by atoms with Gasteiger partial charge in [0.1, 0.15) is 126 Å². The number of halogens is 2. The van der Waals surface area contributed by atoms with Crippen LogP contribution in [0.25, 0.3) is 22.4 Å². The molecule has 9 heterocycles. The number of primary amides is 1. The summed E-state index contributed by atoms with van der Waals surface area (Å²) in [6, 6.07) is 9.71. The van der Waals surface area contributed by atoms with Gasteiger partial charge in [0.15, 0.2) is 35.9 Å². The number of aromatic hydroxyl groups is 3. The molecule has 0 spiro atoms. The highest BCUT2D eigenvalue weighted by Gasteiger charge is 2.53. The summed E-state index contributed by atoms with van der Waals surface area (Å²) < 4.78 is 56.6. The first kappa shape index (κ1) is 90.7. The van der Waals surface area contributed by atoms with Gasteiger partial charge in [-0.25, -0.2) is 4.79 Å². The number of carboxylic acids is 1. The van der Waals surface area contributed by atoms with E-state index in [9.17, 15) is 75.7 Å². The van der Waals surface area contributed by atoms with Crippen molar-refractivity contribution in [1.29, 1.82) is 0 Å². The molecule has 24 N–H and O–H groups in total. The summed E-state index contributed by atoms with van der Waals surface area (Å²) in [6.45, 7) is 5.18. The van der Waals surface area contributed by atoms with Crippen LogP contribution in [0.3, 0.4) is 0 Å². The zero-order valence-corrected chi connectivity index (χ0v) is 68.2. The summed E-state index contributed by atoms with van der Waals surface area (Å²) >= 11 is 14.5. The number of likely N-dealkylation sites (N-methyl/N-ethyl adjacent to an activating group) is 1. The van der Waals surface area contributed by atoms with Gasteiger partial charge >= 0.3 is 5.97 Å². The third-order valence-corrected chi connectivity index (χ3v) is 22.6. The maximum absolute atomic E-state index is 16.4. The number of carboxylic acid groups (broad SMARTS) is 1. The standard InChI is InChI=1S/C82H93Cl2N11O29/c1-31(2)17-45(87-5)73(108)93-61-63(101)35-12-15-49(42(83)19-35)117-51-21-37-22-52(70(51)122-81-68(106)66(104)71(54(30-96)120-81)123-80-67(105)65(103)64(102)53(119-80)29-88-28-39-25-44(95-124-39)33-9-7-6-8-10-33)118-50-16-13-36(20-43(50)84)69(121-56-27-82(4,86)72(107)32(3)116-56)62-78(113)92-60(79(114)115)41-23-38(97)24-48(99)57(41)40-18-34(11-14-47(40)98)58(75(110)94-62)91-76(111)59(37)90-74(109)46(26-55(85)100)89-77(61)112/h6-16,18-25,31-32,45-46,53-54,56,58-69,71-72,80-81,87-88,96-99,101-107H,17,26-30,86H2,1-5H3,(H2,85,100)(H,89,112)(H,90,109)(H,91,111)(H,92,113)(H,93,108)(H,94,110)(H,114,115)/t32-,45+,46-,53+,54+,56?,58+,59+,60+,61+,62-,63+,64-,65-,66+,67+,68+,69+,71+,72-,80-,81-,82-/m0/s1. The van der Waals surface area contributed by atoms with Gasteiger partial charge in [-0.05, 0) is 110 Å². The van der Waals surface area contributed by atoms with Crippen molar-refractivity contribution in [3.63, 3.8) is 0 Å². The monoisotopic (exact) mass is 1770 g/mol. The average molecular weight is 1770 g/mol. The van der Waals surface area contributed by atoms with Crippen LogP contribution in [-0.2, 0) is 68.6 Å². The lowest BCUT2D eigenvalue weighted by molar-refractivity contribution is -0.350. The van der Waals surface area contributed by atoms with Crippen molar-refractivity contribution in [3.8, 4) is 68.4 Å². The maximum Gasteiger partial charge on any atom is 0.330 e. The molecule has 0 aliphatic carbocycles. The number of aliphatic carboxylic acids is 1. The van der Waals surface area contributed by atoms with Crippen LogP contribution in [0.5, 0.6) is 46.0 Å². The van der Waals surface area contributed by atoms with E-state index < -0.39 is 284 Å². The summed E-state index contributed by atoms with van der Waals surface area (Å²) in [5.41, 5.74) is 9.25. The Morgan fingerprint density at radius 1 is 0.669 bits per heavy atom. The first-order chi connectivity index (χ1) is 58.9. The van der Waals surface area contributed by atoms with Gasteiger partial charge in [0, 0.05) is 52.9 Å². The van der Waals surface area contributed by atoms with E-state index in [1.54, 1.807) is 19.9 Å². The van der Waals surface area contributed by atoms with Gasteiger partial charge in [-0.2, -0.15) is 0 Å². The number of nitrogens with two attached hydrogens (primary N) is 2. The molecule has 40 nitrogen and oxygen atoms in total. The van der Waals surface area contributed by atoms with Gasteiger partial charge in [-0.1, -0.05) is 90.7 Å². The Labute approximate surface area is 715 Å². The van der Waals surface area contributed by atoms with E-state index in [0.717, 1.165) is 72.3 Å². The smallest absolute Gasteiger partial charge is 0.330 e. The van der Waals surface area contributed by atoms with Gasteiger partial charge in [0.2, 0.25) is 53.4 Å². The summed E-state index contributed by atoms with van der Waals surface area (Å²) in [5.74, 6) is -16.3. The fourth-order valence-electron chi connectivity index (χ4n) is 15.5. The quantitative estimate of drug-likeness (QED) is 0.0490. The maximum atomic E-state index is 16.4. The Morgan fingerprint density at radius 3 is 1.95 bits per heavy atom. The van der Waals surface area contributed by atoms with Crippen LogP contribution in [-0.4, -0.2) is 244 Å². The molecule has 42 heteroatoms. The fourth-order valence-corrected chi connectivity index (χ4v) is 15.9. The number of aliphatic hydroxyl groups excluding tert-OH is 8. The number of benzene rings is 6. The zero-order valence-electron chi connectivity index (χ0n) is 66.7. The van der Waals surface area contributed by atoms with Crippen LogP contribution in [0.2, 0.25) is 10.0 Å². The van der Waals surface area contributed by atoms with Crippen molar-refractivity contribution in [1.82, 2.24) is 47.7 Å². The molecule has 3 fully saturated rings. The SMILES string of the molecule is CN[C@H](CC(C)C)C(=O)N[C@H]1C(=O)N[C@@H](CC(N)=O)C(=O)N[C@H]2C(=O)N[C@H]3C(=O)N[C@H](C(=O)N[C@@H](C(=O)O)c4cc(O)cc(O)c4-c4cc3ccc4O)[C@H](OC3C[C@](C)(N)[C@@H](O)[C@H](C)O3)c3ccc(c(Cl)c3)Oc3cc2cc(c3O[C@@H]2O[C@H](CO)[C@@H](O[C@@H]3O[C@H](CNCc4cc(-c5ccccc5)no4)[C@H](O)[C@H](O)[C@H]3O)[C@H](O)[C@H]2O)Oc2ccc(cc2Cl)[C@H]1O. The first-order valence-electron chi connectivity index (χ1n) is 39.2. The number of phenols is 3. The summed E-state index contributed by atoms with van der Waals surface area (Å²) in [4.78, 5) is 120. The van der Waals surface area contributed by atoms with E-state index in [0.29, 0.717) is 11.5 Å². The molecule has 124 heavy (non-hydrogen) atoms. The predicted octanol–water partition coefficient (Wildman–Crippen LogP) is 0.383. The van der Waals surface area contributed by atoms with E-state index in [4.69, 9.17) is 77.1 Å². The third-order valence-electron chi connectivity index (χ3n) is 22.0. The van der Waals surface area contributed by atoms with Crippen molar-refractivity contribution < 1.29 is 142 Å². The predicted molar refractivity (Wildman–Crippen MR) is 428 cm³/mol. The van der Waals surface area contributed by atoms with Crippen molar-refractivity contribution in [3.05, 3.63) is 159 Å². The molecule has 23 atom stereocenters. The van der Waals surface area contributed by atoms with E-state index in [2.05, 4.69) is 47.7 Å². The number of rotatable bonds is 20. The minimum atomic E-state index is -2.43. The lowest BCUT2D eigenvalue weighted by Gasteiger charge is -2.46. The van der Waals surface area contributed by atoms with Crippen molar-refractivity contribution in [2.75, 3.05) is 20.2 Å². The molecule has 664 valence electrons. The van der Waals surface area contributed by atoms with Crippen LogP contribution in [0, 0.1) is 5.92 Å². The van der Waals surface area contributed by atoms with Gasteiger partial charge in [0.25, 0.3) is 0 Å². The number of phenolic OH excluding ortho intramolecular Hbond substituents is 3. The van der Waals surface area contributed by atoms with Gasteiger partial charge in [-0.3, -0.25) is 33.6 Å². The molecule has 8 aliphatic rings. The Bertz CT molecular complexity index is 5170. The number of aromatic nitrogens is 1. The Hall–Kier alpha value is -11.0. The molecular weight excluding hydrogens is 1670 g/mol. The molecule has 8 aliphatic heterocycles. The van der Waals surface area contributed by atoms with E-state index in [1.807, 2.05) is 30.3 Å². The van der Waals surface area contributed by atoms with Crippen LogP contribution >= 0.6 is 23.2 Å². The Balaban J connectivity index is 0.972. The van der Waals surface area contributed by atoms with E-state index >= 15 is 24.0 Å². The summed E-state index contributed by atoms with van der Waals surface area (Å²) in [7, 11) is 1.46. The molecule has 1 aromatic heterocycles. The average Bonchev–Trinajstić information content (AvgIpc) is 1.17. The third kappa shape index (κ3) is 19.6. The number of hydrogen-bond donors (Lipinski definition) is 22. The molecule has 3 saturated heterocycles. The normalized spacial score (nSPS) is 29.9. The molecule has 0 saturated carbocycles. The number of carbonyl (C=O) groups is 8. The molecule has 7 aromatic rings. The molecule has 15 rings (SSSR count). The summed E-state index contributed by atoms with van der Waals surface area (Å²) in [6.07, 6.45) is -29.3. The highest BCUT2D eigenvalue weighted by atomic mass is 35.5. The number of amides is 7. The largest absolute Gasteiger partial charge is 0.508 e. The minimum Gasteiger partial charge on any atom is -0.508 e. The zero-order chi connectivity index (χ0) is 89.4. The molecule has 1 unspecified atom stereocenters. The molecule has 11 bridgehead atoms. The van der Waals surface area contributed by atoms with Gasteiger partial charge < -0.3 is 158 Å². The van der Waals surface area contributed by atoms with Crippen LogP contribution in [0.1, 0.15) is 111 Å². The van der Waals surface area contributed by atoms with E-state index in [-0.39, 0.29) is 43.0 Å². The van der Waals surface area contributed by atoms with Gasteiger partial charge in [-0.15, -0.1) is 0 Å². The molecular formula is C82H93Cl2N11O29. The summed E-state index contributed by atoms with van der Waals surface area (Å²) in [5, 5.41) is 163. The minimum absolute atomic E-state index is 0.0141. The topological polar surface area (TPSA) is 627 Å². The van der Waals surface area contributed by atoms with Gasteiger partial charge in [0.05, 0.1) is 47.9 Å². The van der Waals surface area contributed by atoms with Crippen molar-refractivity contribution >= 4 is 70.5 Å². The number of nitrogens with zero attached hydrogens (tertiary/aromatic N) is 1. The molecule has 6 aromatic carbocycles. The Kier molecular flexibility index (Phi) is 27.7.